The lowest BCUT2D eigenvalue weighted by Gasteiger charge is -2.22. The van der Waals surface area contributed by atoms with Gasteiger partial charge >= 0.3 is 0 Å². The molecule has 1 unspecified atom stereocenters. The van der Waals surface area contributed by atoms with Crippen LogP contribution in [0.15, 0.2) is 5.38 Å². The van der Waals surface area contributed by atoms with E-state index in [4.69, 9.17) is 4.74 Å². The fraction of sp³-hybridized carbons (Fsp3) is 0.667. The van der Waals surface area contributed by atoms with Crippen LogP contribution in [0.1, 0.15) is 30.5 Å². The second-order valence-corrected chi connectivity index (χ2v) is 5.54. The van der Waals surface area contributed by atoms with E-state index in [1.807, 2.05) is 5.38 Å². The van der Waals surface area contributed by atoms with Crippen LogP contribution in [-0.2, 0) is 16.1 Å². The molecule has 1 fully saturated rings. The van der Waals surface area contributed by atoms with E-state index in [2.05, 4.69) is 29.5 Å². The summed E-state index contributed by atoms with van der Waals surface area (Å²) in [7, 11) is 0. The summed E-state index contributed by atoms with van der Waals surface area (Å²) in [6.45, 7) is 6.69. The van der Waals surface area contributed by atoms with Crippen LogP contribution < -0.4 is 10.6 Å². The van der Waals surface area contributed by atoms with Gasteiger partial charge in [-0.15, -0.1) is 36.2 Å². The highest BCUT2D eigenvalue weighted by Crippen LogP contribution is 2.17. The number of nitrogens with one attached hydrogen (secondary N) is 2. The Morgan fingerprint density at radius 3 is 2.90 bits per heavy atom. The molecule has 1 amide bonds. The largest absolute Gasteiger partial charge is 0.366 e. The molecule has 116 valence electrons. The van der Waals surface area contributed by atoms with Crippen molar-refractivity contribution in [1.29, 1.82) is 0 Å². The molecule has 1 atom stereocenters. The number of aromatic nitrogens is 1. The van der Waals surface area contributed by atoms with Crippen molar-refractivity contribution in [2.75, 3.05) is 19.7 Å². The molecule has 0 bridgehead atoms. The van der Waals surface area contributed by atoms with Gasteiger partial charge in [0, 0.05) is 18.5 Å². The molecule has 1 aromatic heterocycles. The van der Waals surface area contributed by atoms with Crippen LogP contribution in [0.5, 0.6) is 0 Å². The zero-order chi connectivity index (χ0) is 13.0. The van der Waals surface area contributed by atoms with Crippen LogP contribution in [0.3, 0.4) is 0 Å². The van der Waals surface area contributed by atoms with Crippen LogP contribution in [0.2, 0.25) is 0 Å². The van der Waals surface area contributed by atoms with Crippen molar-refractivity contribution >= 4 is 42.1 Å². The summed E-state index contributed by atoms with van der Waals surface area (Å²) in [5.74, 6) is 0.361. The number of nitrogens with zero attached hydrogens (tertiary/aromatic N) is 1. The highest BCUT2D eigenvalue weighted by atomic mass is 35.5. The molecule has 1 aromatic rings. The van der Waals surface area contributed by atoms with E-state index < -0.39 is 0 Å². The van der Waals surface area contributed by atoms with Gasteiger partial charge in [0.15, 0.2) is 0 Å². The lowest BCUT2D eigenvalue weighted by molar-refractivity contribution is -0.134. The maximum atomic E-state index is 11.8. The molecule has 1 aliphatic rings. The summed E-state index contributed by atoms with van der Waals surface area (Å²) < 4.78 is 5.38. The summed E-state index contributed by atoms with van der Waals surface area (Å²) >= 11 is 1.58. The molecule has 0 spiro atoms. The van der Waals surface area contributed by atoms with E-state index in [1.165, 1.54) is 0 Å². The molecule has 1 aliphatic heterocycles. The highest BCUT2D eigenvalue weighted by Gasteiger charge is 2.21. The molecule has 2 rings (SSSR count). The van der Waals surface area contributed by atoms with Crippen molar-refractivity contribution in [3.05, 3.63) is 16.1 Å². The SMILES string of the molecule is CC(C)c1csc(CNC(=O)C2CNCCO2)n1.Cl.Cl. The summed E-state index contributed by atoms with van der Waals surface area (Å²) in [6.07, 6.45) is -0.372. The first-order valence-electron chi connectivity index (χ1n) is 6.21. The number of hydrogen-bond acceptors (Lipinski definition) is 5. The summed E-state index contributed by atoms with van der Waals surface area (Å²) in [5, 5.41) is 8.99. The molecule has 0 aliphatic carbocycles. The van der Waals surface area contributed by atoms with Gasteiger partial charge in [-0.2, -0.15) is 0 Å². The third kappa shape index (κ3) is 5.54. The Kier molecular flexibility index (Phi) is 9.33. The molecule has 5 nitrogen and oxygen atoms in total. The molecule has 0 saturated carbocycles. The summed E-state index contributed by atoms with van der Waals surface area (Å²) in [6, 6.07) is 0. The standard InChI is InChI=1S/C12H19N3O2S.2ClH/c1-8(2)9-7-18-11(15-9)6-14-12(16)10-5-13-3-4-17-10;;/h7-8,10,13H,3-6H2,1-2H3,(H,14,16);2*1H. The number of rotatable bonds is 4. The minimum absolute atomic E-state index is 0. The topological polar surface area (TPSA) is 63.2 Å². The molecule has 2 heterocycles. The summed E-state index contributed by atoms with van der Waals surface area (Å²) in [4.78, 5) is 16.3. The second kappa shape index (κ2) is 9.52. The quantitative estimate of drug-likeness (QED) is 0.875. The van der Waals surface area contributed by atoms with Crippen LogP contribution in [-0.4, -0.2) is 36.7 Å². The third-order valence-electron chi connectivity index (χ3n) is 2.79. The Labute approximate surface area is 135 Å². The van der Waals surface area contributed by atoms with Gasteiger partial charge < -0.3 is 15.4 Å². The molecule has 2 N–H and O–H groups in total. The van der Waals surface area contributed by atoms with Crippen molar-refractivity contribution < 1.29 is 9.53 Å². The van der Waals surface area contributed by atoms with Crippen LogP contribution in [0, 0.1) is 0 Å². The van der Waals surface area contributed by atoms with E-state index in [-0.39, 0.29) is 36.8 Å². The van der Waals surface area contributed by atoms with Crippen molar-refractivity contribution in [2.45, 2.75) is 32.4 Å². The van der Waals surface area contributed by atoms with Crippen LogP contribution in [0.25, 0.3) is 0 Å². The Hall–Kier alpha value is -0.400. The maximum Gasteiger partial charge on any atom is 0.250 e. The van der Waals surface area contributed by atoms with Gasteiger partial charge in [0.1, 0.15) is 11.1 Å². The van der Waals surface area contributed by atoms with Crippen LogP contribution >= 0.6 is 36.2 Å². The van der Waals surface area contributed by atoms with E-state index in [0.29, 0.717) is 25.6 Å². The molecule has 8 heteroatoms. The van der Waals surface area contributed by atoms with E-state index in [9.17, 15) is 4.79 Å². The average molecular weight is 342 g/mol. The number of carbonyl (C=O) groups excluding carboxylic acids is 1. The highest BCUT2D eigenvalue weighted by molar-refractivity contribution is 7.09. The Morgan fingerprint density at radius 2 is 2.35 bits per heavy atom. The Bertz CT molecular complexity index is 409. The first kappa shape index (κ1) is 19.6. The van der Waals surface area contributed by atoms with Gasteiger partial charge in [-0.1, -0.05) is 13.8 Å². The van der Waals surface area contributed by atoms with E-state index in [0.717, 1.165) is 17.2 Å². The van der Waals surface area contributed by atoms with Gasteiger partial charge in [0.2, 0.25) is 0 Å². The van der Waals surface area contributed by atoms with Gasteiger partial charge in [-0.25, -0.2) is 4.98 Å². The fourth-order valence-electron chi connectivity index (χ4n) is 1.68. The summed E-state index contributed by atoms with van der Waals surface area (Å²) in [5.41, 5.74) is 1.08. The number of ether oxygens (including phenoxy) is 1. The monoisotopic (exact) mass is 341 g/mol. The number of morpholine rings is 1. The molecule has 1 saturated heterocycles. The molecule has 0 aromatic carbocycles. The van der Waals surface area contributed by atoms with Gasteiger partial charge in [0.25, 0.3) is 5.91 Å². The number of carbonyl (C=O) groups is 1. The van der Waals surface area contributed by atoms with Crippen molar-refractivity contribution in [3.8, 4) is 0 Å². The molecule has 20 heavy (non-hydrogen) atoms. The number of hydrogen-bond donors (Lipinski definition) is 2. The minimum atomic E-state index is -0.372. The zero-order valence-corrected chi connectivity index (χ0v) is 14.0. The zero-order valence-electron chi connectivity index (χ0n) is 11.5. The number of amides is 1. The third-order valence-corrected chi connectivity index (χ3v) is 3.66. The fourth-order valence-corrected chi connectivity index (χ4v) is 2.58. The molecule has 0 radical (unpaired) electrons. The predicted octanol–water partition coefficient (Wildman–Crippen LogP) is 1.71. The number of halogens is 2. The Balaban J connectivity index is 0.00000180. The first-order chi connectivity index (χ1) is 8.66. The molecular weight excluding hydrogens is 321 g/mol. The van der Waals surface area contributed by atoms with Crippen molar-refractivity contribution in [2.24, 2.45) is 0 Å². The van der Waals surface area contributed by atoms with Gasteiger partial charge in [0.05, 0.1) is 18.8 Å². The number of thiazole rings is 1. The van der Waals surface area contributed by atoms with E-state index >= 15 is 0 Å². The normalized spacial score (nSPS) is 18.1. The van der Waals surface area contributed by atoms with Crippen LogP contribution in [0.4, 0.5) is 0 Å². The van der Waals surface area contributed by atoms with Gasteiger partial charge in [-0.3, -0.25) is 4.79 Å². The Morgan fingerprint density at radius 1 is 1.60 bits per heavy atom. The second-order valence-electron chi connectivity index (χ2n) is 4.60. The van der Waals surface area contributed by atoms with Crippen molar-refractivity contribution in [3.63, 3.8) is 0 Å². The minimum Gasteiger partial charge on any atom is -0.366 e. The maximum absolute atomic E-state index is 11.8. The van der Waals surface area contributed by atoms with Gasteiger partial charge in [-0.05, 0) is 5.92 Å². The smallest absolute Gasteiger partial charge is 0.250 e. The lowest BCUT2D eigenvalue weighted by Crippen LogP contribution is -2.47. The average Bonchev–Trinajstić information content (AvgIpc) is 2.86. The van der Waals surface area contributed by atoms with Crippen molar-refractivity contribution in [1.82, 2.24) is 15.6 Å². The lowest BCUT2D eigenvalue weighted by atomic mass is 10.2. The predicted molar refractivity (Wildman–Crippen MR) is 85.2 cm³/mol. The first-order valence-corrected chi connectivity index (χ1v) is 7.09. The van der Waals surface area contributed by atoms with E-state index in [1.54, 1.807) is 11.3 Å². The molecular formula is C12H21Cl2N3O2S.